The number of benzene rings is 2. The lowest BCUT2D eigenvalue weighted by molar-refractivity contribution is -0.140. The molecule has 2 amide bonds. The summed E-state index contributed by atoms with van der Waals surface area (Å²) in [5.41, 5.74) is 0.743. The zero-order chi connectivity index (χ0) is 23.0. The second kappa shape index (κ2) is 12.6. The van der Waals surface area contributed by atoms with Crippen molar-refractivity contribution in [1.82, 2.24) is 10.2 Å². The summed E-state index contributed by atoms with van der Waals surface area (Å²) in [5, 5.41) is 4.62. The highest BCUT2D eigenvalue weighted by molar-refractivity contribution is 7.99. The first kappa shape index (κ1) is 25.9. The summed E-state index contributed by atoms with van der Waals surface area (Å²) in [7, 11) is 0. The van der Waals surface area contributed by atoms with E-state index in [1.165, 1.54) is 0 Å². The van der Waals surface area contributed by atoms with Gasteiger partial charge in [0.05, 0.1) is 0 Å². The molecule has 2 aromatic carbocycles. The molecule has 0 aliphatic carbocycles. The van der Waals surface area contributed by atoms with Gasteiger partial charge in [0, 0.05) is 44.7 Å². The van der Waals surface area contributed by atoms with Crippen molar-refractivity contribution in [3.05, 3.63) is 63.1 Å². The molecule has 0 aliphatic heterocycles. The molecule has 2 atom stereocenters. The maximum Gasteiger partial charge on any atom is 0.242 e. The molecule has 0 saturated heterocycles. The van der Waals surface area contributed by atoms with Crippen LogP contribution in [0.5, 0.6) is 0 Å². The molecule has 2 aromatic rings. The van der Waals surface area contributed by atoms with Crippen LogP contribution in [-0.2, 0) is 16.1 Å². The SMILES string of the molecule is CC[C@@H](C)NC(=O)[C@@H](C)N(Cc1ccc(Cl)cc1Cl)C(=O)CCSc1ccc(Cl)cc1. The van der Waals surface area contributed by atoms with Crippen molar-refractivity contribution in [2.24, 2.45) is 0 Å². The predicted molar refractivity (Wildman–Crippen MR) is 131 cm³/mol. The van der Waals surface area contributed by atoms with Crippen LogP contribution in [0.25, 0.3) is 0 Å². The number of rotatable bonds is 10. The van der Waals surface area contributed by atoms with Gasteiger partial charge in [0.15, 0.2) is 0 Å². The van der Waals surface area contributed by atoms with Crippen LogP contribution in [0.15, 0.2) is 47.4 Å². The van der Waals surface area contributed by atoms with Crippen LogP contribution < -0.4 is 5.32 Å². The van der Waals surface area contributed by atoms with Gasteiger partial charge in [0.2, 0.25) is 11.8 Å². The van der Waals surface area contributed by atoms with E-state index in [0.29, 0.717) is 27.2 Å². The van der Waals surface area contributed by atoms with E-state index >= 15 is 0 Å². The van der Waals surface area contributed by atoms with Gasteiger partial charge < -0.3 is 10.2 Å². The van der Waals surface area contributed by atoms with Gasteiger partial charge in [-0.15, -0.1) is 11.8 Å². The van der Waals surface area contributed by atoms with Crippen LogP contribution >= 0.6 is 46.6 Å². The Hall–Kier alpha value is -1.40. The van der Waals surface area contributed by atoms with Crippen molar-refractivity contribution in [2.45, 2.75) is 57.1 Å². The molecule has 0 aromatic heterocycles. The molecule has 0 heterocycles. The van der Waals surface area contributed by atoms with Gasteiger partial charge in [-0.3, -0.25) is 9.59 Å². The standard InChI is InChI=1S/C23H27Cl3N2O2S/c1-4-15(2)27-23(30)16(3)28(14-17-5-6-19(25)13-21(17)26)22(29)11-12-31-20-9-7-18(24)8-10-20/h5-10,13,15-16H,4,11-12,14H2,1-3H3,(H,27,30)/t15-,16-/m1/s1. The molecule has 0 aliphatic rings. The summed E-state index contributed by atoms with van der Waals surface area (Å²) in [5.74, 6) is 0.294. The van der Waals surface area contributed by atoms with Crippen LogP contribution in [0.1, 0.15) is 39.2 Å². The van der Waals surface area contributed by atoms with Gasteiger partial charge in [0.25, 0.3) is 0 Å². The van der Waals surface area contributed by atoms with Gasteiger partial charge in [-0.25, -0.2) is 0 Å². The highest BCUT2D eigenvalue weighted by Gasteiger charge is 2.27. The number of nitrogens with zero attached hydrogens (tertiary/aromatic N) is 1. The highest BCUT2D eigenvalue weighted by atomic mass is 35.5. The quantitative estimate of drug-likeness (QED) is 0.380. The molecule has 0 saturated carbocycles. The van der Waals surface area contributed by atoms with Crippen LogP contribution in [0.2, 0.25) is 15.1 Å². The van der Waals surface area contributed by atoms with E-state index in [4.69, 9.17) is 34.8 Å². The zero-order valence-electron chi connectivity index (χ0n) is 17.8. The van der Waals surface area contributed by atoms with E-state index in [0.717, 1.165) is 16.9 Å². The number of carbonyl (C=O) groups excluding carboxylic acids is 2. The van der Waals surface area contributed by atoms with Crippen molar-refractivity contribution in [1.29, 1.82) is 0 Å². The van der Waals surface area contributed by atoms with Gasteiger partial charge >= 0.3 is 0 Å². The smallest absolute Gasteiger partial charge is 0.242 e. The maximum absolute atomic E-state index is 13.1. The number of halogens is 3. The molecular weight excluding hydrogens is 475 g/mol. The molecule has 168 valence electrons. The summed E-state index contributed by atoms with van der Waals surface area (Å²) in [6.07, 6.45) is 1.10. The van der Waals surface area contributed by atoms with Gasteiger partial charge in [-0.2, -0.15) is 0 Å². The van der Waals surface area contributed by atoms with Crippen LogP contribution in [0.3, 0.4) is 0 Å². The fourth-order valence-corrected chi connectivity index (χ4v) is 4.25. The van der Waals surface area contributed by atoms with Crippen LogP contribution in [0.4, 0.5) is 0 Å². The number of carbonyl (C=O) groups is 2. The minimum atomic E-state index is -0.631. The second-order valence-corrected chi connectivity index (χ2v) is 9.75. The third-order valence-corrected chi connectivity index (χ3v) is 6.78. The number of amides is 2. The lowest BCUT2D eigenvalue weighted by Crippen LogP contribution is -2.49. The molecule has 2 rings (SSSR count). The Bertz CT molecular complexity index is 893. The first-order valence-electron chi connectivity index (χ1n) is 10.1. The van der Waals surface area contributed by atoms with Gasteiger partial charge in [-0.05, 0) is 62.2 Å². The molecule has 0 fully saturated rings. The summed E-state index contributed by atoms with van der Waals surface area (Å²) < 4.78 is 0. The Morgan fingerprint density at radius 2 is 1.68 bits per heavy atom. The van der Waals surface area contributed by atoms with Crippen molar-refractivity contribution in [2.75, 3.05) is 5.75 Å². The second-order valence-electron chi connectivity index (χ2n) is 7.30. The van der Waals surface area contributed by atoms with E-state index in [9.17, 15) is 9.59 Å². The first-order chi connectivity index (χ1) is 14.7. The summed E-state index contributed by atoms with van der Waals surface area (Å²) >= 11 is 19.8. The zero-order valence-corrected chi connectivity index (χ0v) is 20.9. The first-order valence-corrected chi connectivity index (χ1v) is 12.2. The van der Waals surface area contributed by atoms with Crippen molar-refractivity contribution in [3.63, 3.8) is 0 Å². The molecule has 0 bridgehead atoms. The van der Waals surface area contributed by atoms with E-state index < -0.39 is 6.04 Å². The number of nitrogens with one attached hydrogen (secondary N) is 1. The fraction of sp³-hybridized carbons (Fsp3) is 0.391. The third-order valence-electron chi connectivity index (χ3n) is 4.92. The Morgan fingerprint density at radius 3 is 2.29 bits per heavy atom. The molecule has 0 radical (unpaired) electrons. The molecule has 1 N–H and O–H groups in total. The molecular formula is C23H27Cl3N2O2S. The Morgan fingerprint density at radius 1 is 1.03 bits per heavy atom. The molecule has 4 nitrogen and oxygen atoms in total. The minimum absolute atomic E-state index is 0.0338. The number of hydrogen-bond acceptors (Lipinski definition) is 3. The summed E-state index contributed by atoms with van der Waals surface area (Å²) in [6, 6.07) is 12.0. The van der Waals surface area contributed by atoms with Gasteiger partial charge in [-0.1, -0.05) is 47.8 Å². The largest absolute Gasteiger partial charge is 0.352 e. The van der Waals surface area contributed by atoms with Crippen molar-refractivity contribution < 1.29 is 9.59 Å². The van der Waals surface area contributed by atoms with Crippen LogP contribution in [-0.4, -0.2) is 34.6 Å². The summed E-state index contributed by atoms with van der Waals surface area (Å²) in [4.78, 5) is 28.5. The number of thioether (sulfide) groups is 1. The fourth-order valence-electron chi connectivity index (χ4n) is 2.81. The van der Waals surface area contributed by atoms with E-state index in [1.54, 1.807) is 41.8 Å². The Labute approximate surface area is 203 Å². The Balaban J connectivity index is 2.11. The third kappa shape index (κ3) is 8.23. The lowest BCUT2D eigenvalue weighted by Gasteiger charge is -2.30. The van der Waals surface area contributed by atoms with Crippen molar-refractivity contribution in [3.8, 4) is 0 Å². The average Bonchev–Trinajstić information content (AvgIpc) is 2.73. The Kier molecular flexibility index (Phi) is 10.5. The van der Waals surface area contributed by atoms with Crippen LogP contribution in [0, 0.1) is 0 Å². The molecule has 8 heteroatoms. The predicted octanol–water partition coefficient (Wildman–Crippen LogP) is 6.46. The van der Waals surface area contributed by atoms with Gasteiger partial charge in [0.1, 0.15) is 6.04 Å². The normalized spacial score (nSPS) is 12.8. The molecule has 0 unspecified atom stereocenters. The van der Waals surface area contributed by atoms with E-state index in [2.05, 4.69) is 5.32 Å². The maximum atomic E-state index is 13.1. The van der Waals surface area contributed by atoms with E-state index in [-0.39, 0.29) is 24.4 Å². The summed E-state index contributed by atoms with van der Waals surface area (Å²) in [6.45, 7) is 5.91. The highest BCUT2D eigenvalue weighted by Crippen LogP contribution is 2.25. The molecule has 0 spiro atoms. The topological polar surface area (TPSA) is 49.4 Å². The number of hydrogen-bond donors (Lipinski definition) is 1. The molecule has 31 heavy (non-hydrogen) atoms. The lowest BCUT2D eigenvalue weighted by atomic mass is 10.1. The monoisotopic (exact) mass is 500 g/mol. The van der Waals surface area contributed by atoms with E-state index in [1.807, 2.05) is 38.1 Å². The average molecular weight is 502 g/mol. The van der Waals surface area contributed by atoms with Crippen molar-refractivity contribution >= 4 is 58.4 Å². The minimum Gasteiger partial charge on any atom is -0.352 e.